The van der Waals surface area contributed by atoms with Crippen LogP contribution in [-0.2, 0) is 16.6 Å². The van der Waals surface area contributed by atoms with Gasteiger partial charge in [0.2, 0.25) is 11.9 Å². The van der Waals surface area contributed by atoms with Gasteiger partial charge in [-0.15, -0.1) is 0 Å². The molecule has 0 spiro atoms. The van der Waals surface area contributed by atoms with E-state index in [1.165, 1.54) is 7.11 Å². The maximum absolute atomic E-state index is 12.3. The Morgan fingerprint density at radius 1 is 1.48 bits per heavy atom. The number of hydrogen-bond acceptors (Lipinski definition) is 6. The lowest BCUT2D eigenvalue weighted by Gasteiger charge is -2.25. The number of anilines is 1. The van der Waals surface area contributed by atoms with Crippen molar-refractivity contribution in [3.63, 3.8) is 0 Å². The summed E-state index contributed by atoms with van der Waals surface area (Å²) >= 11 is 0. The van der Waals surface area contributed by atoms with E-state index < -0.39 is 0 Å². The topological polar surface area (TPSA) is 99.2 Å². The number of methoxy groups -OCH3 is 1. The van der Waals surface area contributed by atoms with Crippen molar-refractivity contribution in [2.24, 2.45) is 7.05 Å². The standard InChI is InChI=1S/C15H20N6O2/c1-20-8-10(6-18-20)11-7-17-15(16)19-14(11)12-4-3-5-21(12)13(22)9-23-2/h6-8,12H,3-5,9H2,1-2H3,(H2,16,17,19)/t12-/m1/s1. The van der Waals surface area contributed by atoms with Gasteiger partial charge in [-0.3, -0.25) is 9.48 Å². The Hall–Kier alpha value is -2.48. The normalized spacial score (nSPS) is 17.7. The van der Waals surface area contributed by atoms with Gasteiger partial charge in [0.15, 0.2) is 0 Å². The summed E-state index contributed by atoms with van der Waals surface area (Å²) in [6.07, 6.45) is 7.13. The van der Waals surface area contributed by atoms with Gasteiger partial charge in [-0.25, -0.2) is 9.97 Å². The van der Waals surface area contributed by atoms with Crippen LogP contribution >= 0.6 is 0 Å². The van der Waals surface area contributed by atoms with Crippen molar-refractivity contribution in [1.29, 1.82) is 0 Å². The van der Waals surface area contributed by atoms with Crippen LogP contribution in [0.5, 0.6) is 0 Å². The molecule has 3 rings (SSSR count). The predicted octanol–water partition coefficient (Wildman–Crippen LogP) is 0.769. The van der Waals surface area contributed by atoms with E-state index in [0.717, 1.165) is 29.7 Å². The summed E-state index contributed by atoms with van der Waals surface area (Å²) < 4.78 is 6.70. The van der Waals surface area contributed by atoms with E-state index in [4.69, 9.17) is 10.5 Å². The maximum atomic E-state index is 12.3. The van der Waals surface area contributed by atoms with E-state index in [1.54, 1.807) is 17.1 Å². The summed E-state index contributed by atoms with van der Waals surface area (Å²) in [6, 6.07) is -0.113. The molecule has 3 heterocycles. The maximum Gasteiger partial charge on any atom is 0.249 e. The lowest BCUT2D eigenvalue weighted by Crippen LogP contribution is -2.34. The van der Waals surface area contributed by atoms with Crippen LogP contribution in [0.2, 0.25) is 0 Å². The Kier molecular flexibility index (Phi) is 4.24. The predicted molar refractivity (Wildman–Crippen MR) is 84.2 cm³/mol. The van der Waals surface area contributed by atoms with Gasteiger partial charge in [0.05, 0.1) is 17.9 Å². The highest BCUT2D eigenvalue weighted by Gasteiger charge is 2.33. The number of aromatic nitrogens is 4. The number of nitrogens with two attached hydrogens (primary N) is 1. The van der Waals surface area contributed by atoms with Crippen LogP contribution in [0.3, 0.4) is 0 Å². The van der Waals surface area contributed by atoms with Crippen LogP contribution in [0.4, 0.5) is 5.95 Å². The molecular formula is C15H20N6O2. The van der Waals surface area contributed by atoms with Gasteiger partial charge in [-0.2, -0.15) is 5.10 Å². The minimum Gasteiger partial charge on any atom is -0.375 e. The Morgan fingerprint density at radius 3 is 3.00 bits per heavy atom. The fourth-order valence-corrected chi connectivity index (χ4v) is 3.00. The molecule has 0 saturated carbocycles. The number of carbonyl (C=O) groups excluding carboxylic acids is 1. The van der Waals surface area contributed by atoms with Gasteiger partial charge in [-0.1, -0.05) is 0 Å². The lowest BCUT2D eigenvalue weighted by atomic mass is 10.0. The number of aryl methyl sites for hydroxylation is 1. The number of nitrogens with zero attached hydrogens (tertiary/aromatic N) is 5. The number of carbonyl (C=O) groups is 1. The first-order valence-corrected chi connectivity index (χ1v) is 7.50. The van der Waals surface area contributed by atoms with Crippen LogP contribution in [0.1, 0.15) is 24.6 Å². The molecule has 8 heteroatoms. The van der Waals surface area contributed by atoms with Gasteiger partial charge in [0, 0.05) is 44.2 Å². The molecule has 1 atom stereocenters. The number of likely N-dealkylation sites (tertiary alicyclic amines) is 1. The summed E-state index contributed by atoms with van der Waals surface area (Å²) in [5.41, 5.74) is 8.32. The monoisotopic (exact) mass is 316 g/mol. The largest absolute Gasteiger partial charge is 0.375 e. The number of rotatable bonds is 4. The number of amides is 1. The third-order valence-electron chi connectivity index (χ3n) is 4.01. The SMILES string of the molecule is COCC(=O)N1CCC[C@@H]1c1nc(N)ncc1-c1cnn(C)c1. The number of hydrogen-bond donors (Lipinski definition) is 1. The molecule has 23 heavy (non-hydrogen) atoms. The summed E-state index contributed by atoms with van der Waals surface area (Å²) in [7, 11) is 3.37. The van der Waals surface area contributed by atoms with E-state index in [-0.39, 0.29) is 24.5 Å². The van der Waals surface area contributed by atoms with Gasteiger partial charge in [0.1, 0.15) is 6.61 Å². The molecule has 1 amide bonds. The van der Waals surface area contributed by atoms with E-state index in [0.29, 0.717) is 6.54 Å². The molecule has 0 radical (unpaired) electrons. The van der Waals surface area contributed by atoms with Gasteiger partial charge in [-0.05, 0) is 12.8 Å². The first kappa shape index (κ1) is 15.4. The molecule has 0 unspecified atom stereocenters. The number of nitrogen functional groups attached to an aromatic ring is 1. The average molecular weight is 316 g/mol. The van der Waals surface area contributed by atoms with Gasteiger partial charge < -0.3 is 15.4 Å². The van der Waals surface area contributed by atoms with Crippen molar-refractivity contribution in [1.82, 2.24) is 24.6 Å². The summed E-state index contributed by atoms with van der Waals surface area (Å²) in [5.74, 6) is 0.169. The fourth-order valence-electron chi connectivity index (χ4n) is 3.00. The molecule has 8 nitrogen and oxygen atoms in total. The minimum atomic E-state index is -0.113. The molecule has 1 aliphatic heterocycles. The molecule has 0 aliphatic carbocycles. The van der Waals surface area contributed by atoms with E-state index in [9.17, 15) is 4.79 Å². The second kappa shape index (κ2) is 6.33. The van der Waals surface area contributed by atoms with E-state index >= 15 is 0 Å². The summed E-state index contributed by atoms with van der Waals surface area (Å²) in [6.45, 7) is 0.766. The molecule has 1 aliphatic rings. The van der Waals surface area contributed by atoms with Crippen LogP contribution in [0, 0.1) is 0 Å². The van der Waals surface area contributed by atoms with E-state index in [2.05, 4.69) is 15.1 Å². The zero-order valence-electron chi connectivity index (χ0n) is 13.3. The highest BCUT2D eigenvalue weighted by atomic mass is 16.5. The molecule has 122 valence electrons. The Morgan fingerprint density at radius 2 is 2.30 bits per heavy atom. The quantitative estimate of drug-likeness (QED) is 0.894. The molecule has 2 aromatic heterocycles. The second-order valence-corrected chi connectivity index (χ2v) is 5.61. The van der Waals surface area contributed by atoms with Crippen molar-refractivity contribution < 1.29 is 9.53 Å². The first-order chi connectivity index (χ1) is 11.1. The van der Waals surface area contributed by atoms with Crippen LogP contribution in [-0.4, -0.2) is 50.8 Å². The lowest BCUT2D eigenvalue weighted by molar-refractivity contribution is -0.136. The highest BCUT2D eigenvalue weighted by Crippen LogP contribution is 2.36. The smallest absolute Gasteiger partial charge is 0.249 e. The number of ether oxygens (including phenoxy) is 1. The highest BCUT2D eigenvalue weighted by molar-refractivity contribution is 5.79. The van der Waals surface area contributed by atoms with Crippen LogP contribution < -0.4 is 5.73 Å². The summed E-state index contributed by atoms with van der Waals surface area (Å²) in [5, 5.41) is 4.20. The van der Waals surface area contributed by atoms with Crippen LogP contribution in [0.15, 0.2) is 18.6 Å². The third kappa shape index (κ3) is 3.02. The zero-order valence-corrected chi connectivity index (χ0v) is 13.3. The summed E-state index contributed by atoms with van der Waals surface area (Å²) in [4.78, 5) is 22.6. The van der Waals surface area contributed by atoms with Crippen molar-refractivity contribution in [2.75, 3.05) is 26.0 Å². The van der Waals surface area contributed by atoms with Gasteiger partial charge in [0.25, 0.3) is 0 Å². The molecule has 0 bridgehead atoms. The molecule has 2 N–H and O–H groups in total. The third-order valence-corrected chi connectivity index (χ3v) is 4.01. The van der Waals surface area contributed by atoms with Crippen molar-refractivity contribution in [2.45, 2.75) is 18.9 Å². The Labute approximate surface area is 134 Å². The van der Waals surface area contributed by atoms with Crippen molar-refractivity contribution >= 4 is 11.9 Å². The van der Waals surface area contributed by atoms with E-state index in [1.807, 2.05) is 18.1 Å². The Bertz CT molecular complexity index is 714. The Balaban J connectivity index is 2.01. The molecular weight excluding hydrogens is 296 g/mol. The fraction of sp³-hybridized carbons (Fsp3) is 0.467. The minimum absolute atomic E-state index is 0.0377. The first-order valence-electron chi connectivity index (χ1n) is 7.50. The average Bonchev–Trinajstić information content (AvgIpc) is 3.16. The van der Waals surface area contributed by atoms with Crippen LogP contribution in [0.25, 0.3) is 11.1 Å². The molecule has 0 aromatic carbocycles. The second-order valence-electron chi connectivity index (χ2n) is 5.61. The molecule has 2 aromatic rings. The zero-order chi connectivity index (χ0) is 16.4. The molecule has 1 saturated heterocycles. The molecule has 1 fully saturated rings. The van der Waals surface area contributed by atoms with Crippen molar-refractivity contribution in [3.05, 3.63) is 24.3 Å². The van der Waals surface area contributed by atoms with Gasteiger partial charge >= 0.3 is 0 Å². The van der Waals surface area contributed by atoms with Crippen molar-refractivity contribution in [3.8, 4) is 11.1 Å².